The Morgan fingerprint density at radius 1 is 1.12 bits per heavy atom. The van der Waals surface area contributed by atoms with E-state index in [9.17, 15) is 15.3 Å². The summed E-state index contributed by atoms with van der Waals surface area (Å²) in [4.78, 5) is 12.7. The van der Waals surface area contributed by atoms with Gasteiger partial charge in [-0.2, -0.15) is 10.5 Å². The van der Waals surface area contributed by atoms with Crippen LogP contribution in [0.1, 0.15) is 35.2 Å². The van der Waals surface area contributed by atoms with E-state index in [2.05, 4.69) is 11.4 Å². The minimum atomic E-state index is -0.498. The molecule has 0 radical (unpaired) electrons. The molecule has 0 spiro atoms. The Balaban J connectivity index is 1.81. The number of amides is 1. The Hall–Kier alpha value is -4.26. The Bertz CT molecular complexity index is 1290. The maximum Gasteiger partial charge on any atom is 0.262 e. The number of benzene rings is 3. The standard InChI is InChI=1S/C27H22ClN3O3/c1-18(20-8-4-3-5-9-20)31-27(32)23(16-30)12-19-13-24(28)26(25(14-19)33-2)34-17-22-11-7-6-10-21(22)15-29/h3-14,18H,17H2,1-2H3,(H,31,32)/b23-12-/t18-/m1/s1. The number of halogens is 1. The van der Waals surface area contributed by atoms with Crippen molar-refractivity contribution in [3.8, 4) is 23.6 Å². The number of nitrogens with one attached hydrogen (secondary N) is 1. The molecule has 0 saturated carbocycles. The Labute approximate surface area is 203 Å². The lowest BCUT2D eigenvalue weighted by Gasteiger charge is -2.15. The van der Waals surface area contributed by atoms with E-state index in [4.69, 9.17) is 21.1 Å². The van der Waals surface area contributed by atoms with Gasteiger partial charge in [0.05, 0.1) is 29.8 Å². The molecule has 0 aliphatic carbocycles. The highest BCUT2D eigenvalue weighted by atomic mass is 35.5. The average Bonchev–Trinajstić information content (AvgIpc) is 2.86. The second kappa shape index (κ2) is 11.6. The molecule has 0 fully saturated rings. The van der Waals surface area contributed by atoms with Crippen LogP contribution in [0.5, 0.6) is 11.5 Å². The van der Waals surface area contributed by atoms with Crippen molar-refractivity contribution in [1.29, 1.82) is 10.5 Å². The molecule has 1 N–H and O–H groups in total. The third-order valence-electron chi connectivity index (χ3n) is 5.08. The number of nitrogens with zero attached hydrogens (tertiary/aromatic N) is 2. The number of hydrogen-bond acceptors (Lipinski definition) is 5. The fourth-order valence-corrected chi connectivity index (χ4v) is 3.56. The fourth-order valence-electron chi connectivity index (χ4n) is 3.28. The zero-order chi connectivity index (χ0) is 24.5. The summed E-state index contributed by atoms with van der Waals surface area (Å²) >= 11 is 6.44. The molecule has 34 heavy (non-hydrogen) atoms. The van der Waals surface area contributed by atoms with Crippen molar-refractivity contribution in [1.82, 2.24) is 5.32 Å². The van der Waals surface area contributed by atoms with E-state index >= 15 is 0 Å². The van der Waals surface area contributed by atoms with E-state index in [-0.39, 0.29) is 23.2 Å². The zero-order valence-electron chi connectivity index (χ0n) is 18.7. The fraction of sp³-hybridized carbons (Fsp3) is 0.148. The van der Waals surface area contributed by atoms with Crippen molar-refractivity contribution in [2.24, 2.45) is 0 Å². The van der Waals surface area contributed by atoms with Gasteiger partial charge >= 0.3 is 0 Å². The minimum Gasteiger partial charge on any atom is -0.493 e. The maximum atomic E-state index is 12.7. The predicted octanol–water partition coefficient (Wildman–Crippen LogP) is 5.58. The summed E-state index contributed by atoms with van der Waals surface area (Å²) in [7, 11) is 1.47. The lowest BCUT2D eigenvalue weighted by atomic mass is 10.1. The summed E-state index contributed by atoms with van der Waals surface area (Å²) in [6, 6.07) is 23.6. The van der Waals surface area contributed by atoms with E-state index in [1.807, 2.05) is 49.4 Å². The van der Waals surface area contributed by atoms with E-state index in [0.29, 0.717) is 28.2 Å². The van der Waals surface area contributed by atoms with Gasteiger partial charge in [-0.05, 0) is 42.3 Å². The molecule has 0 saturated heterocycles. The topological polar surface area (TPSA) is 95.1 Å². The molecule has 0 aliphatic heterocycles. The van der Waals surface area contributed by atoms with Gasteiger partial charge in [0.1, 0.15) is 18.2 Å². The van der Waals surface area contributed by atoms with Gasteiger partial charge in [-0.25, -0.2) is 0 Å². The van der Waals surface area contributed by atoms with Gasteiger partial charge in [-0.15, -0.1) is 0 Å². The van der Waals surface area contributed by atoms with Crippen LogP contribution in [0.2, 0.25) is 5.02 Å². The number of rotatable bonds is 8. The second-order valence-corrected chi connectivity index (χ2v) is 7.77. The number of nitriles is 2. The first-order valence-electron chi connectivity index (χ1n) is 10.4. The average molecular weight is 472 g/mol. The van der Waals surface area contributed by atoms with Crippen LogP contribution in [0.15, 0.2) is 72.3 Å². The Morgan fingerprint density at radius 3 is 2.50 bits per heavy atom. The van der Waals surface area contributed by atoms with Gasteiger partial charge in [0.15, 0.2) is 11.5 Å². The van der Waals surface area contributed by atoms with Crippen LogP contribution in [-0.4, -0.2) is 13.0 Å². The number of hydrogen-bond donors (Lipinski definition) is 1. The molecule has 3 aromatic rings. The van der Waals surface area contributed by atoms with Crippen LogP contribution in [-0.2, 0) is 11.4 Å². The molecular weight excluding hydrogens is 450 g/mol. The van der Waals surface area contributed by atoms with Gasteiger partial charge in [0.25, 0.3) is 5.91 Å². The number of ether oxygens (including phenoxy) is 2. The first-order valence-corrected chi connectivity index (χ1v) is 10.8. The highest BCUT2D eigenvalue weighted by molar-refractivity contribution is 6.32. The van der Waals surface area contributed by atoms with Gasteiger partial charge in [-0.3, -0.25) is 4.79 Å². The van der Waals surface area contributed by atoms with Crippen molar-refractivity contribution < 1.29 is 14.3 Å². The lowest BCUT2D eigenvalue weighted by molar-refractivity contribution is -0.117. The molecule has 7 heteroatoms. The van der Waals surface area contributed by atoms with Gasteiger partial charge in [0.2, 0.25) is 0 Å². The minimum absolute atomic E-state index is 0.0717. The SMILES string of the molecule is COc1cc(/C=C(/C#N)C(=O)N[C@H](C)c2ccccc2)cc(Cl)c1OCc1ccccc1C#N. The van der Waals surface area contributed by atoms with Crippen LogP contribution < -0.4 is 14.8 Å². The normalized spacial score (nSPS) is 11.6. The molecule has 0 aliphatic rings. The molecule has 6 nitrogen and oxygen atoms in total. The highest BCUT2D eigenvalue weighted by Gasteiger charge is 2.16. The first-order chi connectivity index (χ1) is 16.5. The Kier molecular flexibility index (Phi) is 8.29. The molecule has 170 valence electrons. The summed E-state index contributed by atoms with van der Waals surface area (Å²) in [5.41, 5.74) is 2.58. The predicted molar refractivity (Wildman–Crippen MR) is 130 cm³/mol. The molecule has 1 atom stereocenters. The molecule has 0 bridgehead atoms. The largest absolute Gasteiger partial charge is 0.493 e. The van der Waals surface area contributed by atoms with E-state index in [0.717, 1.165) is 5.56 Å². The van der Waals surface area contributed by atoms with E-state index in [1.54, 1.807) is 30.3 Å². The van der Waals surface area contributed by atoms with Crippen LogP contribution >= 0.6 is 11.6 Å². The molecule has 3 aromatic carbocycles. The number of methoxy groups -OCH3 is 1. The highest BCUT2D eigenvalue weighted by Crippen LogP contribution is 2.37. The first kappa shape index (κ1) is 24.4. The number of carbonyl (C=O) groups excluding carboxylic acids is 1. The number of carbonyl (C=O) groups is 1. The molecule has 1 amide bonds. The zero-order valence-corrected chi connectivity index (χ0v) is 19.5. The second-order valence-electron chi connectivity index (χ2n) is 7.37. The van der Waals surface area contributed by atoms with Crippen LogP contribution in [0.4, 0.5) is 0 Å². The van der Waals surface area contributed by atoms with Crippen molar-refractivity contribution in [2.45, 2.75) is 19.6 Å². The third kappa shape index (κ3) is 5.95. The smallest absolute Gasteiger partial charge is 0.262 e. The molecule has 0 heterocycles. The van der Waals surface area contributed by atoms with Crippen molar-refractivity contribution in [3.63, 3.8) is 0 Å². The molecule has 3 rings (SSSR count). The third-order valence-corrected chi connectivity index (χ3v) is 5.37. The van der Waals surface area contributed by atoms with E-state index in [1.165, 1.54) is 13.2 Å². The van der Waals surface area contributed by atoms with Gasteiger partial charge in [-0.1, -0.05) is 60.1 Å². The van der Waals surface area contributed by atoms with Crippen molar-refractivity contribution in [2.75, 3.05) is 7.11 Å². The van der Waals surface area contributed by atoms with Crippen LogP contribution in [0.3, 0.4) is 0 Å². The molecule has 0 unspecified atom stereocenters. The van der Waals surface area contributed by atoms with Crippen molar-refractivity contribution in [3.05, 3.63) is 99.6 Å². The van der Waals surface area contributed by atoms with Crippen LogP contribution in [0.25, 0.3) is 6.08 Å². The Morgan fingerprint density at radius 2 is 1.82 bits per heavy atom. The molecular formula is C27H22ClN3O3. The van der Waals surface area contributed by atoms with Gasteiger partial charge in [0, 0.05) is 5.56 Å². The van der Waals surface area contributed by atoms with E-state index < -0.39 is 5.91 Å². The van der Waals surface area contributed by atoms with Gasteiger partial charge < -0.3 is 14.8 Å². The monoisotopic (exact) mass is 471 g/mol. The summed E-state index contributed by atoms with van der Waals surface area (Å²) in [6.07, 6.45) is 1.44. The van der Waals surface area contributed by atoms with Crippen molar-refractivity contribution >= 4 is 23.6 Å². The summed E-state index contributed by atoms with van der Waals surface area (Å²) in [5.74, 6) is 0.139. The summed E-state index contributed by atoms with van der Waals surface area (Å²) in [5, 5.41) is 21.9. The maximum absolute atomic E-state index is 12.7. The molecule has 0 aromatic heterocycles. The lowest BCUT2D eigenvalue weighted by Crippen LogP contribution is -2.27. The summed E-state index contributed by atoms with van der Waals surface area (Å²) in [6.45, 7) is 1.97. The summed E-state index contributed by atoms with van der Waals surface area (Å²) < 4.78 is 11.3. The van der Waals surface area contributed by atoms with Crippen LogP contribution in [0, 0.1) is 22.7 Å². The quantitative estimate of drug-likeness (QED) is 0.341.